The zero-order chi connectivity index (χ0) is 31.0. The van der Waals surface area contributed by atoms with Crippen LogP contribution in [0.25, 0.3) is 21.6 Å². The normalized spacial score (nSPS) is 13.3. The lowest BCUT2D eigenvalue weighted by molar-refractivity contribution is -0.870. The first kappa shape index (κ1) is 31.9. The van der Waals surface area contributed by atoms with Crippen molar-refractivity contribution >= 4 is 39.2 Å². The largest absolute Gasteiger partial charge is 0.481 e. The van der Waals surface area contributed by atoms with Gasteiger partial charge in [0.15, 0.2) is 11.6 Å². The molecule has 0 saturated carbocycles. The van der Waals surface area contributed by atoms with Gasteiger partial charge in [0.2, 0.25) is 11.8 Å². The first-order chi connectivity index (χ1) is 20.6. The molecule has 0 spiro atoms. The van der Waals surface area contributed by atoms with Gasteiger partial charge in [-0.2, -0.15) is 0 Å². The van der Waals surface area contributed by atoms with Gasteiger partial charge >= 0.3 is 0 Å². The highest BCUT2D eigenvalue weighted by molar-refractivity contribution is 7.19. The van der Waals surface area contributed by atoms with Crippen LogP contribution in [0.2, 0.25) is 0 Å². The Bertz CT molecular complexity index is 1490. The van der Waals surface area contributed by atoms with Gasteiger partial charge in [-0.3, -0.25) is 10.0 Å². The van der Waals surface area contributed by atoms with Gasteiger partial charge < -0.3 is 28.9 Å². The Labute approximate surface area is 254 Å². The number of fused-ring (bicyclic) bond motifs is 1. The fourth-order valence-corrected chi connectivity index (χ4v) is 5.26. The summed E-state index contributed by atoms with van der Waals surface area (Å²) >= 11 is 1.62. The van der Waals surface area contributed by atoms with Crippen molar-refractivity contribution in [3.63, 3.8) is 0 Å². The molecule has 0 aliphatic carbocycles. The highest BCUT2D eigenvalue weighted by Crippen LogP contribution is 2.35. The first-order valence-electron chi connectivity index (χ1n) is 13.6. The molecule has 0 atom stereocenters. The predicted molar refractivity (Wildman–Crippen MR) is 164 cm³/mol. The maximum absolute atomic E-state index is 11.5. The van der Waals surface area contributed by atoms with Crippen LogP contribution in [0.5, 0.6) is 5.88 Å². The van der Waals surface area contributed by atoms with Gasteiger partial charge in [-0.25, -0.2) is 30.4 Å². The molecule has 0 radical (unpaired) electrons. The third-order valence-electron chi connectivity index (χ3n) is 6.43. The van der Waals surface area contributed by atoms with E-state index >= 15 is 0 Å². The Morgan fingerprint density at radius 3 is 2.42 bits per heavy atom. The van der Waals surface area contributed by atoms with Crippen LogP contribution < -0.4 is 20.0 Å². The first-order valence-corrected chi connectivity index (χ1v) is 14.5. The van der Waals surface area contributed by atoms with Gasteiger partial charge in [-0.05, 0) is 12.1 Å². The Kier molecular flexibility index (Phi) is 10.7. The molecule has 0 bridgehead atoms. The van der Waals surface area contributed by atoms with Gasteiger partial charge in [0.05, 0.1) is 70.4 Å². The second-order valence-electron chi connectivity index (χ2n) is 10.8. The molecule has 1 amide bonds. The average Bonchev–Trinajstić information content (AvgIpc) is 3.42. The van der Waals surface area contributed by atoms with Crippen molar-refractivity contribution in [2.24, 2.45) is 0 Å². The van der Waals surface area contributed by atoms with E-state index < -0.39 is 5.91 Å². The molecular weight excluding hydrogens is 574 g/mol. The minimum absolute atomic E-state index is 0.169. The second kappa shape index (κ2) is 14.4. The van der Waals surface area contributed by atoms with Crippen LogP contribution in [0.4, 0.5) is 11.8 Å². The highest BCUT2D eigenvalue weighted by Gasteiger charge is 2.21. The summed E-state index contributed by atoms with van der Waals surface area (Å²) in [5.41, 5.74) is 3.39. The van der Waals surface area contributed by atoms with Gasteiger partial charge in [0.1, 0.15) is 6.54 Å². The number of likely N-dealkylation sites (N-methyl/N-ethyl adjacent to an activating group) is 1. The summed E-state index contributed by atoms with van der Waals surface area (Å²) in [6.07, 6.45) is 4.45. The topological polar surface area (TPSA) is 159 Å². The van der Waals surface area contributed by atoms with Crippen molar-refractivity contribution < 1.29 is 29.1 Å². The summed E-state index contributed by atoms with van der Waals surface area (Å²) in [4.78, 5) is 39.2. The molecule has 1 saturated heterocycles. The summed E-state index contributed by atoms with van der Waals surface area (Å²) in [5, 5.41) is 17.2. The lowest BCUT2D eigenvalue weighted by Gasteiger charge is -2.28. The van der Waals surface area contributed by atoms with Crippen LogP contribution in [0.3, 0.4) is 0 Å². The number of hydrogen-bond donors (Lipinski definition) is 3. The number of aliphatic hydroxyl groups is 1. The number of quaternary nitrogens is 1. The number of nitrogens with one attached hydrogen (secondary N) is 1. The molecule has 4 aromatic heterocycles. The number of aromatic nitrogens is 5. The number of hydrogen-bond acceptors (Lipinski definition) is 13. The molecule has 4 aromatic rings. The number of anilines is 2. The number of morpholine rings is 1. The minimum atomic E-state index is -0.661. The lowest BCUT2D eigenvalue weighted by Crippen LogP contribution is -2.36. The van der Waals surface area contributed by atoms with Crippen molar-refractivity contribution in [2.75, 3.05) is 84.6 Å². The van der Waals surface area contributed by atoms with Crippen LogP contribution in [0, 0.1) is 0 Å². The number of nitrogens with zero attached hydrogens (tertiary/aromatic N) is 8. The summed E-state index contributed by atoms with van der Waals surface area (Å²) in [6, 6.07) is 5.74. The van der Waals surface area contributed by atoms with Crippen LogP contribution in [0.15, 0.2) is 36.8 Å². The third-order valence-corrected chi connectivity index (χ3v) is 7.53. The lowest BCUT2D eigenvalue weighted by atomic mass is 10.2. The van der Waals surface area contributed by atoms with Gasteiger partial charge in [-0.15, -0.1) is 11.3 Å². The molecule has 5 heterocycles. The zero-order valence-corrected chi connectivity index (χ0v) is 25.8. The number of hydroxylamine groups is 1. The molecule has 1 aliphatic rings. The molecule has 3 N–H and O–H groups in total. The molecule has 230 valence electrons. The molecule has 43 heavy (non-hydrogen) atoms. The Balaban J connectivity index is 0.000000541. The van der Waals surface area contributed by atoms with E-state index in [1.807, 2.05) is 18.0 Å². The van der Waals surface area contributed by atoms with Crippen molar-refractivity contribution in [1.29, 1.82) is 0 Å². The van der Waals surface area contributed by atoms with E-state index in [9.17, 15) is 4.79 Å². The van der Waals surface area contributed by atoms with Crippen molar-refractivity contribution in [3.8, 4) is 17.3 Å². The number of rotatable bonds is 9. The number of methoxy groups -OCH3 is 1. The fourth-order valence-electron chi connectivity index (χ4n) is 4.10. The van der Waals surface area contributed by atoms with Gasteiger partial charge in [0.25, 0.3) is 5.91 Å². The van der Waals surface area contributed by atoms with E-state index in [4.69, 9.17) is 29.8 Å². The van der Waals surface area contributed by atoms with E-state index in [1.165, 1.54) is 12.4 Å². The Hall–Kier alpha value is -4.02. The van der Waals surface area contributed by atoms with Gasteiger partial charge in [-0.1, -0.05) is 0 Å². The molecule has 0 unspecified atom stereocenters. The fraction of sp³-hybridized carbons (Fsp3) is 0.429. The number of pyridine rings is 1. The second-order valence-corrected chi connectivity index (χ2v) is 11.9. The third kappa shape index (κ3) is 8.52. The van der Waals surface area contributed by atoms with E-state index in [2.05, 4.69) is 47.1 Å². The van der Waals surface area contributed by atoms with Crippen molar-refractivity contribution in [3.05, 3.63) is 47.2 Å². The number of thiophene rings is 1. The molecule has 1 aliphatic heterocycles. The number of ether oxygens (including phenoxy) is 2. The summed E-state index contributed by atoms with van der Waals surface area (Å²) < 4.78 is 12.6. The summed E-state index contributed by atoms with van der Waals surface area (Å²) in [6.45, 7) is 4.45. The van der Waals surface area contributed by atoms with E-state index in [0.717, 1.165) is 50.6 Å². The SMILES string of the molecule is COc1ccc(-c2nc(N3CCOCC3)c3sc(CN(C)c4ncc(C(=O)NO)cn4)cc3n2)cn1.C[N+](C)(C)CCO. The van der Waals surface area contributed by atoms with Crippen molar-refractivity contribution in [2.45, 2.75) is 6.54 Å². The smallest absolute Gasteiger partial charge is 0.277 e. The number of amides is 1. The summed E-state index contributed by atoms with van der Waals surface area (Å²) in [5.74, 6) is 1.79. The molecule has 15 heteroatoms. The van der Waals surface area contributed by atoms with E-state index in [-0.39, 0.29) is 12.2 Å². The van der Waals surface area contributed by atoms with Crippen molar-refractivity contribution in [1.82, 2.24) is 30.4 Å². The van der Waals surface area contributed by atoms with Crippen LogP contribution in [-0.4, -0.2) is 120 Å². The molecule has 1 fully saturated rings. The molecule has 0 aromatic carbocycles. The van der Waals surface area contributed by atoms with Gasteiger partial charge in [0, 0.05) is 55.2 Å². The molecular formula is C28H38N9O5S+. The number of carbonyl (C=O) groups excluding carboxylic acids is 1. The van der Waals surface area contributed by atoms with Crippen LogP contribution >= 0.6 is 11.3 Å². The monoisotopic (exact) mass is 612 g/mol. The highest BCUT2D eigenvalue weighted by atomic mass is 32.1. The van der Waals surface area contributed by atoms with Crippen LogP contribution in [-0.2, 0) is 11.3 Å². The van der Waals surface area contributed by atoms with E-state index in [1.54, 1.807) is 36.2 Å². The maximum atomic E-state index is 11.5. The Morgan fingerprint density at radius 1 is 1.14 bits per heavy atom. The zero-order valence-electron chi connectivity index (χ0n) is 25.0. The number of carbonyl (C=O) groups is 1. The Morgan fingerprint density at radius 2 is 1.86 bits per heavy atom. The minimum Gasteiger partial charge on any atom is -0.481 e. The standard InChI is InChI=1S/C23H24N8O4S.C5H14NO/c1-30(23-25-11-15(12-26-23)22(32)29-33)13-16-9-17-19(36-16)21(31-5-7-35-8-6-31)28-20(27-17)14-3-4-18(34-2)24-10-14;1-6(2,3)4-5-7/h3-4,9-12,33H,5-8,13H2,1-2H3,(H,29,32);7H,4-5H2,1-3H3/q;+1. The summed E-state index contributed by atoms with van der Waals surface area (Å²) in [7, 11) is 9.60. The quantitative estimate of drug-likeness (QED) is 0.143. The maximum Gasteiger partial charge on any atom is 0.277 e. The average molecular weight is 613 g/mol. The molecule has 5 rings (SSSR count). The number of aliphatic hydroxyl groups excluding tert-OH is 1. The van der Waals surface area contributed by atoms with E-state index in [0.29, 0.717) is 37.4 Å². The molecule has 14 nitrogen and oxygen atoms in total. The predicted octanol–water partition coefficient (Wildman–Crippen LogP) is 1.83. The van der Waals surface area contributed by atoms with Crippen LogP contribution in [0.1, 0.15) is 15.2 Å².